The predicted molar refractivity (Wildman–Crippen MR) is 86.2 cm³/mol. The minimum Gasteiger partial charge on any atom is -0.507 e. The molecule has 0 bridgehead atoms. The topological polar surface area (TPSA) is 72.9 Å². The second-order valence-electron chi connectivity index (χ2n) is 6.48. The van der Waals surface area contributed by atoms with Gasteiger partial charge in [0.25, 0.3) is 5.91 Å². The second-order valence-corrected chi connectivity index (χ2v) is 6.48. The number of aromatic hydroxyl groups is 1. The zero-order valence-electron chi connectivity index (χ0n) is 13.7. The maximum Gasteiger partial charge on any atom is 0.258 e. The lowest BCUT2D eigenvalue weighted by Gasteiger charge is -2.35. The van der Waals surface area contributed by atoms with Crippen molar-refractivity contribution < 1.29 is 19.1 Å². The standard InChI is InChI=1S/C17H22FN3O3/c1-20-8-7-13(17(20)24)21-9-5-11(6-10-21)19-16(23)15-12(18)3-2-4-14(15)22/h2-4,11,13,22H,5-10H2,1H3,(H,19,23). The monoisotopic (exact) mass is 335 g/mol. The third kappa shape index (κ3) is 3.21. The Kier molecular flexibility index (Phi) is 4.71. The molecule has 1 aromatic carbocycles. The van der Waals surface area contributed by atoms with E-state index in [4.69, 9.17) is 0 Å². The molecule has 2 N–H and O–H groups in total. The third-order valence-electron chi connectivity index (χ3n) is 4.92. The van der Waals surface area contributed by atoms with Crippen LogP contribution in [0, 0.1) is 5.82 Å². The van der Waals surface area contributed by atoms with Crippen LogP contribution in [-0.2, 0) is 4.79 Å². The van der Waals surface area contributed by atoms with E-state index in [1.165, 1.54) is 12.1 Å². The highest BCUT2D eigenvalue weighted by Crippen LogP contribution is 2.23. The van der Waals surface area contributed by atoms with E-state index < -0.39 is 11.7 Å². The van der Waals surface area contributed by atoms with Crippen molar-refractivity contribution in [2.75, 3.05) is 26.7 Å². The quantitative estimate of drug-likeness (QED) is 0.863. The molecule has 1 aromatic rings. The summed E-state index contributed by atoms with van der Waals surface area (Å²) in [5.74, 6) is -1.52. The third-order valence-corrected chi connectivity index (χ3v) is 4.92. The van der Waals surface area contributed by atoms with Gasteiger partial charge in [0.05, 0.1) is 6.04 Å². The first kappa shape index (κ1) is 16.7. The maximum atomic E-state index is 13.7. The first-order valence-corrected chi connectivity index (χ1v) is 8.24. The predicted octanol–water partition coefficient (Wildman–Crippen LogP) is 0.956. The molecule has 2 fully saturated rings. The van der Waals surface area contributed by atoms with Crippen LogP contribution < -0.4 is 5.32 Å². The number of benzene rings is 1. The summed E-state index contributed by atoms with van der Waals surface area (Å²) in [5, 5.41) is 12.5. The summed E-state index contributed by atoms with van der Waals surface area (Å²) in [5.41, 5.74) is -0.312. The van der Waals surface area contributed by atoms with Gasteiger partial charge in [0, 0.05) is 32.7 Å². The Morgan fingerprint density at radius 1 is 1.25 bits per heavy atom. The zero-order chi connectivity index (χ0) is 17.3. The highest BCUT2D eigenvalue weighted by atomic mass is 19.1. The van der Waals surface area contributed by atoms with Gasteiger partial charge in [0.2, 0.25) is 5.91 Å². The van der Waals surface area contributed by atoms with Crippen molar-refractivity contribution in [2.45, 2.75) is 31.3 Å². The van der Waals surface area contributed by atoms with E-state index in [0.29, 0.717) is 12.8 Å². The van der Waals surface area contributed by atoms with Crippen LogP contribution in [0.15, 0.2) is 18.2 Å². The minimum absolute atomic E-state index is 0.0535. The molecule has 2 amide bonds. The Bertz CT molecular complexity index is 624. The molecular formula is C17H22FN3O3. The number of halogens is 1. The number of hydrogen-bond donors (Lipinski definition) is 2. The second kappa shape index (κ2) is 6.76. The van der Waals surface area contributed by atoms with Crippen LogP contribution in [0.4, 0.5) is 4.39 Å². The smallest absolute Gasteiger partial charge is 0.258 e. The molecule has 2 aliphatic rings. The number of carbonyl (C=O) groups excluding carboxylic acids is 2. The number of hydrogen-bond acceptors (Lipinski definition) is 4. The molecule has 0 aromatic heterocycles. The molecule has 130 valence electrons. The van der Waals surface area contributed by atoms with E-state index >= 15 is 0 Å². The van der Waals surface area contributed by atoms with Crippen molar-refractivity contribution in [1.82, 2.24) is 15.1 Å². The average Bonchev–Trinajstić information content (AvgIpc) is 2.88. The Labute approximate surface area is 140 Å². The van der Waals surface area contributed by atoms with Crippen LogP contribution in [0.5, 0.6) is 5.75 Å². The van der Waals surface area contributed by atoms with Gasteiger partial charge in [0.1, 0.15) is 17.1 Å². The van der Waals surface area contributed by atoms with Gasteiger partial charge in [-0.2, -0.15) is 0 Å². The molecule has 1 atom stereocenters. The van der Waals surface area contributed by atoms with Crippen LogP contribution in [-0.4, -0.2) is 65.5 Å². The highest BCUT2D eigenvalue weighted by Gasteiger charge is 2.36. The molecule has 6 nitrogen and oxygen atoms in total. The molecule has 0 spiro atoms. The summed E-state index contributed by atoms with van der Waals surface area (Å²) in [6, 6.07) is 3.67. The number of nitrogens with one attached hydrogen (secondary N) is 1. The van der Waals surface area contributed by atoms with E-state index in [1.54, 1.807) is 4.90 Å². The number of rotatable bonds is 3. The fourth-order valence-electron chi connectivity index (χ4n) is 3.49. The summed E-state index contributed by atoms with van der Waals surface area (Å²) >= 11 is 0. The average molecular weight is 335 g/mol. The van der Waals surface area contributed by atoms with Gasteiger partial charge in [-0.05, 0) is 31.4 Å². The van der Waals surface area contributed by atoms with Crippen LogP contribution in [0.2, 0.25) is 0 Å². The molecular weight excluding hydrogens is 313 g/mol. The minimum atomic E-state index is -0.732. The molecule has 7 heteroatoms. The fourth-order valence-corrected chi connectivity index (χ4v) is 3.49. The lowest BCUT2D eigenvalue weighted by atomic mass is 10.0. The normalized spacial score (nSPS) is 22.8. The molecule has 2 aliphatic heterocycles. The first-order valence-electron chi connectivity index (χ1n) is 8.24. The Morgan fingerprint density at radius 2 is 1.96 bits per heavy atom. The van der Waals surface area contributed by atoms with E-state index in [2.05, 4.69) is 10.2 Å². The number of phenolic OH excluding ortho intramolecular Hbond substituents is 1. The molecule has 0 radical (unpaired) electrons. The number of likely N-dealkylation sites (tertiary alicyclic amines) is 2. The zero-order valence-corrected chi connectivity index (χ0v) is 13.7. The summed E-state index contributed by atoms with van der Waals surface area (Å²) in [6.07, 6.45) is 2.25. The van der Waals surface area contributed by atoms with Gasteiger partial charge in [0.15, 0.2) is 0 Å². The number of piperidine rings is 1. The molecule has 2 saturated heterocycles. The van der Waals surface area contributed by atoms with E-state index in [0.717, 1.165) is 32.1 Å². The first-order chi connectivity index (χ1) is 11.5. The molecule has 24 heavy (non-hydrogen) atoms. The van der Waals surface area contributed by atoms with E-state index in [1.807, 2.05) is 7.05 Å². The Hall–Kier alpha value is -2.15. The van der Waals surface area contributed by atoms with Crippen LogP contribution in [0.1, 0.15) is 29.6 Å². The van der Waals surface area contributed by atoms with Crippen LogP contribution >= 0.6 is 0 Å². The molecule has 3 rings (SSSR count). The summed E-state index contributed by atoms with van der Waals surface area (Å²) in [4.78, 5) is 28.2. The van der Waals surface area contributed by atoms with Gasteiger partial charge in [-0.15, -0.1) is 0 Å². The van der Waals surface area contributed by atoms with Crippen molar-refractivity contribution in [3.63, 3.8) is 0 Å². The molecule has 0 aliphatic carbocycles. The Morgan fingerprint density at radius 3 is 2.54 bits per heavy atom. The van der Waals surface area contributed by atoms with Crippen LogP contribution in [0.25, 0.3) is 0 Å². The molecule has 2 heterocycles. The lowest BCUT2D eigenvalue weighted by molar-refractivity contribution is -0.131. The van der Waals surface area contributed by atoms with Crippen molar-refractivity contribution in [1.29, 1.82) is 0 Å². The number of nitrogens with zero attached hydrogens (tertiary/aromatic N) is 2. The van der Waals surface area contributed by atoms with Gasteiger partial charge in [-0.3, -0.25) is 14.5 Å². The molecule has 1 unspecified atom stereocenters. The van der Waals surface area contributed by atoms with Crippen LogP contribution in [0.3, 0.4) is 0 Å². The van der Waals surface area contributed by atoms with Gasteiger partial charge in [-0.1, -0.05) is 6.07 Å². The van der Waals surface area contributed by atoms with E-state index in [-0.39, 0.29) is 29.3 Å². The lowest BCUT2D eigenvalue weighted by Crippen LogP contribution is -2.50. The van der Waals surface area contributed by atoms with Crippen molar-refractivity contribution >= 4 is 11.8 Å². The number of likely N-dealkylation sites (N-methyl/N-ethyl adjacent to an activating group) is 1. The number of carbonyl (C=O) groups is 2. The van der Waals surface area contributed by atoms with Gasteiger partial charge in [-0.25, -0.2) is 4.39 Å². The van der Waals surface area contributed by atoms with E-state index in [9.17, 15) is 19.1 Å². The summed E-state index contributed by atoms with van der Waals surface area (Å²) in [7, 11) is 1.82. The largest absolute Gasteiger partial charge is 0.507 e. The number of phenols is 1. The van der Waals surface area contributed by atoms with Crippen molar-refractivity contribution in [2.24, 2.45) is 0 Å². The van der Waals surface area contributed by atoms with Crippen molar-refractivity contribution in [3.05, 3.63) is 29.6 Å². The summed E-state index contributed by atoms with van der Waals surface area (Å²) < 4.78 is 13.7. The summed E-state index contributed by atoms with van der Waals surface area (Å²) in [6.45, 7) is 2.23. The number of amides is 2. The SMILES string of the molecule is CN1CCC(N2CCC(NC(=O)c3c(O)cccc3F)CC2)C1=O. The van der Waals surface area contributed by atoms with Gasteiger partial charge < -0.3 is 15.3 Å². The fraction of sp³-hybridized carbons (Fsp3) is 0.529. The maximum absolute atomic E-state index is 13.7. The van der Waals surface area contributed by atoms with Gasteiger partial charge >= 0.3 is 0 Å². The van der Waals surface area contributed by atoms with Crippen molar-refractivity contribution in [3.8, 4) is 5.75 Å². The highest BCUT2D eigenvalue weighted by molar-refractivity contribution is 5.97. The Balaban J connectivity index is 1.56. The molecule has 0 saturated carbocycles.